The molecule has 84 valence electrons. The van der Waals surface area contributed by atoms with E-state index in [1.807, 2.05) is 13.8 Å². The smallest absolute Gasteiger partial charge is 0.325 e. The maximum Gasteiger partial charge on any atom is 0.325 e. The zero-order valence-electron chi connectivity index (χ0n) is 8.69. The third kappa shape index (κ3) is 3.93. The minimum absolute atomic E-state index is 0.605. The molecule has 0 bridgehead atoms. The fraction of sp³-hybridized carbons (Fsp3) is 0.500. The van der Waals surface area contributed by atoms with Crippen molar-refractivity contribution in [1.82, 2.24) is 0 Å². The molecule has 0 radical (unpaired) electrons. The van der Waals surface area contributed by atoms with E-state index in [1.165, 1.54) is 0 Å². The van der Waals surface area contributed by atoms with E-state index in [4.69, 9.17) is 10.2 Å². The van der Waals surface area contributed by atoms with Crippen molar-refractivity contribution in [2.45, 2.75) is 26.7 Å². The molecule has 0 rings (SSSR count). The predicted octanol–water partition coefficient (Wildman–Crippen LogP) is 1.09. The van der Waals surface area contributed by atoms with Crippen LogP contribution in [-0.2, 0) is 14.4 Å². The molecule has 2 N–H and O–H groups in total. The number of hydrogen-bond acceptors (Lipinski definition) is 3. The summed E-state index contributed by atoms with van der Waals surface area (Å²) in [6.45, 7) is 3.64. The molecule has 0 aromatic carbocycles. The van der Waals surface area contributed by atoms with Crippen LogP contribution in [0.15, 0.2) is 11.6 Å². The van der Waals surface area contributed by atoms with Gasteiger partial charge in [0.1, 0.15) is 0 Å². The van der Waals surface area contributed by atoms with Crippen molar-refractivity contribution in [2.24, 2.45) is 5.92 Å². The number of allylic oxidation sites excluding steroid dienone is 2. The number of ketones is 1. The van der Waals surface area contributed by atoms with Gasteiger partial charge in [-0.25, -0.2) is 0 Å². The molecular weight excluding hydrogens is 200 g/mol. The zero-order valence-corrected chi connectivity index (χ0v) is 8.69. The Morgan fingerprint density at radius 2 is 1.47 bits per heavy atom. The maximum absolute atomic E-state index is 11.3. The van der Waals surface area contributed by atoms with Gasteiger partial charge in [-0.3, -0.25) is 14.4 Å². The fourth-order valence-electron chi connectivity index (χ4n) is 1.09. The van der Waals surface area contributed by atoms with Crippen LogP contribution >= 0.6 is 0 Å². The zero-order chi connectivity index (χ0) is 12.0. The second kappa shape index (κ2) is 5.95. The number of carboxylic acid groups (broad SMARTS) is 2. The molecule has 0 aliphatic heterocycles. The summed E-state index contributed by atoms with van der Waals surface area (Å²) in [7, 11) is 0. The van der Waals surface area contributed by atoms with Gasteiger partial charge in [0, 0.05) is 0 Å². The first-order valence-corrected chi connectivity index (χ1v) is 4.62. The van der Waals surface area contributed by atoms with Crippen molar-refractivity contribution in [1.29, 1.82) is 0 Å². The summed E-state index contributed by atoms with van der Waals surface area (Å²) in [6, 6.07) is 0. The first-order chi connectivity index (χ1) is 6.93. The Labute approximate surface area is 87.4 Å². The Morgan fingerprint density at radius 3 is 1.73 bits per heavy atom. The van der Waals surface area contributed by atoms with E-state index < -0.39 is 23.6 Å². The summed E-state index contributed by atoms with van der Waals surface area (Å²) in [5.41, 5.74) is 0.743. The highest BCUT2D eigenvalue weighted by Crippen LogP contribution is 2.09. The van der Waals surface area contributed by atoms with Crippen LogP contribution in [0.25, 0.3) is 0 Å². The van der Waals surface area contributed by atoms with E-state index in [0.29, 0.717) is 12.8 Å². The van der Waals surface area contributed by atoms with Crippen LogP contribution in [-0.4, -0.2) is 27.9 Å². The van der Waals surface area contributed by atoms with Crippen LogP contribution in [0.4, 0.5) is 0 Å². The third-order valence-corrected chi connectivity index (χ3v) is 2.03. The van der Waals surface area contributed by atoms with E-state index in [-0.39, 0.29) is 0 Å². The highest BCUT2D eigenvalue weighted by Gasteiger charge is 2.32. The Hall–Kier alpha value is -1.65. The topological polar surface area (TPSA) is 91.7 Å². The molecule has 0 spiro atoms. The van der Waals surface area contributed by atoms with Crippen LogP contribution < -0.4 is 0 Å². The molecule has 0 saturated heterocycles. The van der Waals surface area contributed by atoms with E-state index in [2.05, 4.69) is 0 Å². The van der Waals surface area contributed by atoms with Crippen molar-refractivity contribution >= 4 is 17.7 Å². The minimum Gasteiger partial charge on any atom is -0.480 e. The Morgan fingerprint density at radius 1 is 1.07 bits per heavy atom. The molecule has 0 atom stereocenters. The number of rotatable bonds is 6. The molecule has 15 heavy (non-hydrogen) atoms. The largest absolute Gasteiger partial charge is 0.480 e. The van der Waals surface area contributed by atoms with Crippen LogP contribution in [0.1, 0.15) is 26.7 Å². The highest BCUT2D eigenvalue weighted by molar-refractivity contribution is 6.17. The van der Waals surface area contributed by atoms with Gasteiger partial charge in [-0.2, -0.15) is 0 Å². The molecule has 0 aliphatic rings. The van der Waals surface area contributed by atoms with Crippen molar-refractivity contribution in [2.75, 3.05) is 0 Å². The Kier molecular flexibility index (Phi) is 5.30. The molecule has 5 heteroatoms. The van der Waals surface area contributed by atoms with Crippen molar-refractivity contribution < 1.29 is 24.6 Å². The molecule has 0 saturated carbocycles. The molecule has 5 nitrogen and oxygen atoms in total. The predicted molar refractivity (Wildman–Crippen MR) is 52.4 cm³/mol. The van der Waals surface area contributed by atoms with Crippen LogP contribution in [0, 0.1) is 5.92 Å². The van der Waals surface area contributed by atoms with Crippen molar-refractivity contribution in [3.8, 4) is 0 Å². The first-order valence-electron chi connectivity index (χ1n) is 4.62. The summed E-state index contributed by atoms with van der Waals surface area (Å²) < 4.78 is 0. The normalized spacial score (nSPS) is 9.80. The molecule has 0 fully saturated rings. The monoisotopic (exact) mass is 214 g/mol. The van der Waals surface area contributed by atoms with Crippen LogP contribution in [0.2, 0.25) is 0 Å². The van der Waals surface area contributed by atoms with Crippen LogP contribution in [0.3, 0.4) is 0 Å². The van der Waals surface area contributed by atoms with E-state index >= 15 is 0 Å². The number of aliphatic carboxylic acids is 2. The lowest BCUT2D eigenvalue weighted by molar-refractivity contribution is -0.156. The molecule has 0 heterocycles. The van der Waals surface area contributed by atoms with E-state index in [1.54, 1.807) is 0 Å². The second-order valence-electron chi connectivity index (χ2n) is 3.02. The fourth-order valence-corrected chi connectivity index (χ4v) is 1.09. The molecule has 0 amide bonds. The van der Waals surface area contributed by atoms with Crippen LogP contribution in [0.5, 0.6) is 0 Å². The first kappa shape index (κ1) is 13.4. The average Bonchev–Trinajstić information content (AvgIpc) is 2.12. The van der Waals surface area contributed by atoms with Gasteiger partial charge in [-0.1, -0.05) is 19.4 Å². The molecule has 0 unspecified atom stereocenters. The molecule has 0 aliphatic carbocycles. The van der Waals surface area contributed by atoms with Crippen molar-refractivity contribution in [3.05, 3.63) is 11.6 Å². The van der Waals surface area contributed by atoms with Gasteiger partial charge in [0.2, 0.25) is 5.92 Å². The van der Waals surface area contributed by atoms with Gasteiger partial charge in [0.25, 0.3) is 0 Å². The quantitative estimate of drug-likeness (QED) is 0.510. The van der Waals surface area contributed by atoms with Crippen molar-refractivity contribution in [3.63, 3.8) is 0 Å². The summed E-state index contributed by atoms with van der Waals surface area (Å²) in [5.74, 6) is -6.13. The Balaban J connectivity index is 4.88. The van der Waals surface area contributed by atoms with Gasteiger partial charge < -0.3 is 10.2 Å². The van der Waals surface area contributed by atoms with E-state index in [9.17, 15) is 14.4 Å². The average molecular weight is 214 g/mol. The Bertz CT molecular complexity index is 283. The number of carbonyl (C=O) groups excluding carboxylic acids is 1. The minimum atomic E-state index is -1.99. The standard InChI is InChI=1S/C10H14O5/c1-3-6(4-2)5-7(11)8(9(12)13)10(14)15/h5,8H,3-4H2,1-2H3,(H,12,13)(H,14,15). The van der Waals surface area contributed by atoms with E-state index in [0.717, 1.165) is 11.6 Å². The number of carboxylic acids is 2. The van der Waals surface area contributed by atoms with Gasteiger partial charge >= 0.3 is 11.9 Å². The molecule has 0 aromatic heterocycles. The highest BCUT2D eigenvalue weighted by atomic mass is 16.4. The summed E-state index contributed by atoms with van der Waals surface area (Å²) in [6.07, 6.45) is 2.33. The number of carbonyl (C=O) groups is 3. The van der Waals surface area contributed by atoms with Gasteiger partial charge in [0.05, 0.1) is 0 Å². The van der Waals surface area contributed by atoms with Gasteiger partial charge in [-0.05, 0) is 18.9 Å². The molecular formula is C10H14O5. The number of hydrogen-bond donors (Lipinski definition) is 2. The lowest BCUT2D eigenvalue weighted by Gasteiger charge is -2.04. The maximum atomic E-state index is 11.3. The third-order valence-electron chi connectivity index (χ3n) is 2.03. The van der Waals surface area contributed by atoms with Gasteiger partial charge in [-0.15, -0.1) is 0 Å². The SMILES string of the molecule is CCC(=CC(=O)C(C(=O)O)C(=O)O)CC. The van der Waals surface area contributed by atoms with Gasteiger partial charge in [0.15, 0.2) is 5.78 Å². The lowest BCUT2D eigenvalue weighted by atomic mass is 10.0. The lowest BCUT2D eigenvalue weighted by Crippen LogP contribution is -2.30. The second-order valence-corrected chi connectivity index (χ2v) is 3.02. The summed E-state index contributed by atoms with van der Waals surface area (Å²) in [5, 5.41) is 17.1. The summed E-state index contributed by atoms with van der Waals surface area (Å²) >= 11 is 0. The summed E-state index contributed by atoms with van der Waals surface area (Å²) in [4.78, 5) is 32.3. The molecule has 0 aromatic rings.